The maximum absolute atomic E-state index is 12.7. The van der Waals surface area contributed by atoms with Crippen LogP contribution in [0.1, 0.15) is 20.3 Å². The number of likely N-dealkylation sites (N-methyl/N-ethyl adjacent to an activating group) is 1. The first kappa shape index (κ1) is 19.6. The number of hydrogen-bond acceptors (Lipinski definition) is 5. The van der Waals surface area contributed by atoms with Crippen molar-refractivity contribution in [1.82, 2.24) is 4.31 Å². The van der Waals surface area contributed by atoms with E-state index in [9.17, 15) is 23.3 Å². The Labute approximate surface area is 139 Å². The zero-order chi connectivity index (χ0) is 18.5. The van der Waals surface area contributed by atoms with Crippen molar-refractivity contribution in [2.75, 3.05) is 7.05 Å². The number of Topliss-reactive ketones (excluding diaryl/α,β-unsaturated/α-hetero) is 1. The van der Waals surface area contributed by atoms with Crippen molar-refractivity contribution in [2.45, 2.75) is 31.2 Å². The predicted molar refractivity (Wildman–Crippen MR) is 86.0 cm³/mol. The van der Waals surface area contributed by atoms with Crippen LogP contribution in [0.4, 0.5) is 5.69 Å². The average Bonchev–Trinajstić information content (AvgIpc) is 2.54. The lowest BCUT2D eigenvalue weighted by atomic mass is 9.96. The van der Waals surface area contributed by atoms with Gasteiger partial charge in [-0.2, -0.15) is 9.10 Å². The summed E-state index contributed by atoms with van der Waals surface area (Å²) >= 11 is 0. The van der Waals surface area contributed by atoms with Crippen molar-refractivity contribution in [3.63, 3.8) is 0 Å². The fourth-order valence-corrected chi connectivity index (χ4v) is 3.65. The molecular weight excluding hydrogens is 336 g/mol. The molecule has 0 N–H and O–H groups in total. The van der Waals surface area contributed by atoms with Gasteiger partial charge in [0.25, 0.3) is 11.5 Å². The van der Waals surface area contributed by atoms with Gasteiger partial charge in [0, 0.05) is 19.2 Å². The Balaban J connectivity index is 3.29. The summed E-state index contributed by atoms with van der Waals surface area (Å²) in [5.41, 5.74) is 8.30. The van der Waals surface area contributed by atoms with Gasteiger partial charge in [-0.05, 0) is 18.1 Å². The van der Waals surface area contributed by atoms with Crippen LogP contribution in [0.25, 0.3) is 5.53 Å². The number of rotatable bonds is 8. The third kappa shape index (κ3) is 4.10. The third-order valence-corrected chi connectivity index (χ3v) is 5.63. The molecule has 9 nitrogen and oxygen atoms in total. The molecule has 10 heteroatoms. The molecule has 0 bridgehead atoms. The van der Waals surface area contributed by atoms with Crippen molar-refractivity contribution in [3.05, 3.63) is 39.9 Å². The molecule has 1 aromatic carbocycles. The highest BCUT2D eigenvalue weighted by atomic mass is 32.2. The van der Waals surface area contributed by atoms with Crippen molar-refractivity contribution in [1.29, 1.82) is 0 Å². The summed E-state index contributed by atoms with van der Waals surface area (Å²) in [7, 11) is -2.81. The fourth-order valence-electron chi connectivity index (χ4n) is 2.23. The molecule has 0 aromatic heterocycles. The van der Waals surface area contributed by atoms with Crippen LogP contribution in [0.15, 0.2) is 29.2 Å². The zero-order valence-corrected chi connectivity index (χ0v) is 14.3. The van der Waals surface area contributed by atoms with Crippen LogP contribution in [0.3, 0.4) is 0 Å². The number of carbonyl (C=O) groups excluding carboxylic acids is 1. The maximum Gasteiger partial charge on any atom is 0.324 e. The first-order valence-electron chi connectivity index (χ1n) is 7.10. The van der Waals surface area contributed by atoms with E-state index in [0.29, 0.717) is 12.6 Å². The minimum atomic E-state index is -4.05. The van der Waals surface area contributed by atoms with E-state index in [-0.39, 0.29) is 16.5 Å². The van der Waals surface area contributed by atoms with E-state index in [1.807, 2.05) is 0 Å². The molecule has 0 saturated carbocycles. The van der Waals surface area contributed by atoms with Gasteiger partial charge in [-0.25, -0.2) is 8.42 Å². The molecule has 2 atom stereocenters. The monoisotopic (exact) mass is 354 g/mol. The highest BCUT2D eigenvalue weighted by molar-refractivity contribution is 7.89. The molecule has 0 aliphatic rings. The summed E-state index contributed by atoms with van der Waals surface area (Å²) in [4.78, 5) is 24.6. The zero-order valence-electron chi connectivity index (χ0n) is 13.5. The van der Waals surface area contributed by atoms with Crippen LogP contribution in [0.5, 0.6) is 0 Å². The number of hydrogen-bond donors (Lipinski definition) is 0. The number of non-ortho nitro benzene ring substituents is 1. The highest BCUT2D eigenvalue weighted by Crippen LogP contribution is 2.24. The van der Waals surface area contributed by atoms with Crippen LogP contribution in [-0.2, 0) is 14.8 Å². The quantitative estimate of drug-likeness (QED) is 0.229. The maximum atomic E-state index is 12.7. The Kier molecular flexibility index (Phi) is 6.47. The smallest absolute Gasteiger partial charge is 0.324 e. The second kappa shape index (κ2) is 7.91. The number of nitrogens with zero attached hydrogens (tertiary/aromatic N) is 4. The van der Waals surface area contributed by atoms with E-state index in [2.05, 4.69) is 4.79 Å². The largest absolute Gasteiger partial charge is 0.361 e. The fraction of sp³-hybridized carbons (Fsp3) is 0.429. The minimum absolute atomic E-state index is 0.169. The van der Waals surface area contributed by atoms with E-state index >= 15 is 0 Å². The molecular formula is C14H18N4O5S. The summed E-state index contributed by atoms with van der Waals surface area (Å²) in [6.45, 7) is 3.50. The third-order valence-electron chi connectivity index (χ3n) is 3.78. The Morgan fingerprint density at radius 3 is 2.38 bits per heavy atom. The SMILES string of the molecule is CC[C@H](C)[C@H](C(=O)C=[N+]=[N-])N(C)S(=O)(=O)c1ccc([N+](=O)[O-])cc1. The van der Waals surface area contributed by atoms with Crippen LogP contribution in [0.2, 0.25) is 0 Å². The summed E-state index contributed by atoms with van der Waals surface area (Å²) in [5.74, 6) is -0.979. The number of nitro benzene ring substituents is 1. The van der Waals surface area contributed by atoms with Crippen LogP contribution in [0, 0.1) is 16.0 Å². The molecule has 0 aliphatic carbocycles. The number of benzene rings is 1. The van der Waals surface area contributed by atoms with Gasteiger partial charge in [-0.3, -0.25) is 14.9 Å². The molecule has 1 aromatic rings. The lowest BCUT2D eigenvalue weighted by Gasteiger charge is -2.28. The van der Waals surface area contributed by atoms with Gasteiger partial charge < -0.3 is 5.53 Å². The van der Waals surface area contributed by atoms with Crippen molar-refractivity contribution in [3.8, 4) is 0 Å². The summed E-state index contributed by atoms with van der Waals surface area (Å²) in [6, 6.07) is 3.34. The molecule has 0 saturated heterocycles. The summed E-state index contributed by atoms with van der Waals surface area (Å²) in [5, 5.41) is 10.7. The summed E-state index contributed by atoms with van der Waals surface area (Å²) in [6.07, 6.45) is 1.19. The minimum Gasteiger partial charge on any atom is -0.361 e. The highest BCUT2D eigenvalue weighted by Gasteiger charge is 2.36. The Morgan fingerprint density at radius 2 is 1.96 bits per heavy atom. The van der Waals surface area contributed by atoms with Gasteiger partial charge in [-0.1, -0.05) is 20.3 Å². The Bertz CT molecular complexity index is 769. The molecule has 0 spiro atoms. The van der Waals surface area contributed by atoms with Gasteiger partial charge >= 0.3 is 6.21 Å². The van der Waals surface area contributed by atoms with Gasteiger partial charge in [0.1, 0.15) is 0 Å². The van der Waals surface area contributed by atoms with Crippen LogP contribution in [-0.4, -0.2) is 47.5 Å². The number of sulfonamides is 1. The standard InChI is InChI=1S/C14H18N4O5S/c1-4-10(2)14(13(19)9-16-15)17(3)24(22,23)12-7-5-11(6-8-12)18(20)21/h5-10,14H,4H2,1-3H3/t10-,14+/m0/s1. The second-order valence-corrected chi connectivity index (χ2v) is 7.25. The van der Waals surface area contributed by atoms with E-state index in [1.165, 1.54) is 7.05 Å². The number of ketones is 1. The van der Waals surface area contributed by atoms with E-state index in [1.54, 1.807) is 13.8 Å². The van der Waals surface area contributed by atoms with Gasteiger partial charge in [0.15, 0.2) is 0 Å². The summed E-state index contributed by atoms with van der Waals surface area (Å²) < 4.78 is 26.3. The molecule has 0 fully saturated rings. The first-order chi connectivity index (χ1) is 11.2. The topological polar surface area (TPSA) is 134 Å². The lowest BCUT2D eigenvalue weighted by Crippen LogP contribution is -2.46. The van der Waals surface area contributed by atoms with Gasteiger partial charge in [0.05, 0.1) is 15.9 Å². The lowest BCUT2D eigenvalue weighted by molar-refractivity contribution is -0.384. The van der Waals surface area contributed by atoms with Gasteiger partial charge in [-0.15, -0.1) is 0 Å². The normalized spacial score (nSPS) is 13.8. The molecule has 0 radical (unpaired) electrons. The number of nitro groups is 1. The second-order valence-electron chi connectivity index (χ2n) is 5.25. The number of carbonyl (C=O) groups is 1. The average molecular weight is 354 g/mol. The van der Waals surface area contributed by atoms with Crippen molar-refractivity contribution < 1.29 is 22.9 Å². The van der Waals surface area contributed by atoms with Crippen molar-refractivity contribution >= 4 is 27.7 Å². The Morgan fingerprint density at radius 1 is 1.42 bits per heavy atom. The van der Waals surface area contributed by atoms with Crippen LogP contribution < -0.4 is 0 Å². The molecule has 0 heterocycles. The molecule has 1 rings (SSSR count). The van der Waals surface area contributed by atoms with E-state index < -0.39 is 26.8 Å². The molecule has 0 amide bonds. The van der Waals surface area contributed by atoms with E-state index in [0.717, 1.165) is 28.6 Å². The molecule has 24 heavy (non-hydrogen) atoms. The predicted octanol–water partition coefficient (Wildman–Crippen LogP) is 1.50. The Hall–Kier alpha value is -2.42. The van der Waals surface area contributed by atoms with E-state index in [4.69, 9.17) is 5.53 Å². The van der Waals surface area contributed by atoms with Crippen LogP contribution >= 0.6 is 0 Å². The first-order valence-corrected chi connectivity index (χ1v) is 8.54. The molecule has 0 unspecified atom stereocenters. The molecule has 0 aliphatic heterocycles. The van der Waals surface area contributed by atoms with Gasteiger partial charge in [0.2, 0.25) is 10.0 Å². The van der Waals surface area contributed by atoms with Crippen molar-refractivity contribution in [2.24, 2.45) is 5.92 Å². The molecule has 130 valence electrons.